The Labute approximate surface area is 116 Å². The number of hydrogen-bond donors (Lipinski definition) is 2. The minimum Gasteiger partial charge on any atom is -0.331 e. The number of nitrogens with zero attached hydrogens (tertiary/aromatic N) is 3. The Hall–Kier alpha value is -2.34. The summed E-state index contributed by atoms with van der Waals surface area (Å²) in [6.45, 7) is 1.84. The molecule has 0 aliphatic carbocycles. The Bertz CT molecular complexity index is 568. The summed E-state index contributed by atoms with van der Waals surface area (Å²) in [6.07, 6.45) is 4.88. The van der Waals surface area contributed by atoms with Gasteiger partial charge >= 0.3 is 0 Å². The van der Waals surface area contributed by atoms with Crippen molar-refractivity contribution in [2.24, 2.45) is 5.10 Å². The Morgan fingerprint density at radius 2 is 2.00 bits per heavy atom. The number of para-hydroxylation sites is 1. The van der Waals surface area contributed by atoms with Gasteiger partial charge in [-0.3, -0.25) is 15.4 Å². The van der Waals surface area contributed by atoms with Crippen LogP contribution < -0.4 is 10.7 Å². The molecular weight excluding hydrogens is 258 g/mol. The third kappa shape index (κ3) is 4.11. The zero-order valence-corrected chi connectivity index (χ0v) is 11.2. The highest BCUT2D eigenvalue weighted by Crippen LogP contribution is 2.04. The third-order valence-electron chi connectivity index (χ3n) is 2.29. The van der Waals surface area contributed by atoms with Crippen LogP contribution >= 0.6 is 12.2 Å². The number of aromatic nitrogens is 2. The highest BCUT2D eigenvalue weighted by Gasteiger charge is 1.99. The van der Waals surface area contributed by atoms with Crippen molar-refractivity contribution < 1.29 is 0 Å². The molecule has 0 radical (unpaired) electrons. The van der Waals surface area contributed by atoms with Gasteiger partial charge in [0.2, 0.25) is 0 Å². The summed E-state index contributed by atoms with van der Waals surface area (Å²) >= 11 is 5.14. The molecule has 0 atom stereocenters. The Kier molecular flexibility index (Phi) is 4.52. The Morgan fingerprint density at radius 3 is 2.68 bits per heavy atom. The first-order chi connectivity index (χ1) is 9.25. The molecule has 1 aromatic carbocycles. The van der Waals surface area contributed by atoms with E-state index in [4.69, 9.17) is 12.2 Å². The second-order valence-corrected chi connectivity index (χ2v) is 4.13. The molecular formula is C13H13N5S. The van der Waals surface area contributed by atoms with Crippen LogP contribution in [0.2, 0.25) is 0 Å². The zero-order valence-electron chi connectivity index (χ0n) is 10.4. The number of thiocarbonyl (C=S) groups is 1. The SMILES string of the molecule is CC(=NNC(=S)Nc1ccccc1)c1cnccn1. The lowest BCUT2D eigenvalue weighted by atomic mass is 10.3. The number of anilines is 1. The van der Waals surface area contributed by atoms with Crippen molar-refractivity contribution in [3.8, 4) is 0 Å². The minimum absolute atomic E-state index is 0.425. The lowest BCUT2D eigenvalue weighted by Gasteiger charge is -2.07. The first-order valence-corrected chi connectivity index (χ1v) is 6.09. The van der Waals surface area contributed by atoms with Gasteiger partial charge in [-0.25, -0.2) is 0 Å². The van der Waals surface area contributed by atoms with Gasteiger partial charge in [0.25, 0.3) is 0 Å². The van der Waals surface area contributed by atoms with Crippen LogP contribution in [0.3, 0.4) is 0 Å². The topological polar surface area (TPSA) is 62.2 Å². The monoisotopic (exact) mass is 271 g/mol. The lowest BCUT2D eigenvalue weighted by molar-refractivity contribution is 1.03. The van der Waals surface area contributed by atoms with Crippen LogP contribution in [0.15, 0.2) is 54.0 Å². The maximum atomic E-state index is 5.14. The van der Waals surface area contributed by atoms with Gasteiger partial charge in [0.1, 0.15) is 5.69 Å². The standard InChI is InChI=1S/C13H13N5S/c1-10(12-9-14-7-8-15-12)17-18-13(19)16-11-5-3-2-4-6-11/h2-9H,1H3,(H2,16,18,19). The van der Waals surface area contributed by atoms with E-state index in [0.29, 0.717) is 16.5 Å². The van der Waals surface area contributed by atoms with E-state index >= 15 is 0 Å². The molecule has 19 heavy (non-hydrogen) atoms. The molecule has 6 heteroatoms. The lowest BCUT2D eigenvalue weighted by Crippen LogP contribution is -2.25. The first kappa shape index (κ1) is 13.1. The van der Waals surface area contributed by atoms with Crippen molar-refractivity contribution in [1.29, 1.82) is 0 Å². The van der Waals surface area contributed by atoms with Crippen molar-refractivity contribution in [3.63, 3.8) is 0 Å². The summed E-state index contributed by atoms with van der Waals surface area (Å²) < 4.78 is 0. The summed E-state index contributed by atoms with van der Waals surface area (Å²) in [7, 11) is 0. The predicted molar refractivity (Wildman–Crippen MR) is 80.0 cm³/mol. The molecule has 0 bridgehead atoms. The molecule has 0 aliphatic rings. The van der Waals surface area contributed by atoms with Crippen molar-refractivity contribution in [1.82, 2.24) is 15.4 Å². The zero-order chi connectivity index (χ0) is 13.5. The van der Waals surface area contributed by atoms with Gasteiger partial charge in [-0.1, -0.05) is 18.2 Å². The van der Waals surface area contributed by atoms with E-state index in [1.54, 1.807) is 18.6 Å². The minimum atomic E-state index is 0.425. The van der Waals surface area contributed by atoms with E-state index in [0.717, 1.165) is 5.69 Å². The summed E-state index contributed by atoms with van der Waals surface area (Å²) in [6, 6.07) is 9.65. The molecule has 0 saturated heterocycles. The van der Waals surface area contributed by atoms with Crippen molar-refractivity contribution in [3.05, 3.63) is 54.6 Å². The average Bonchev–Trinajstić information content (AvgIpc) is 2.47. The number of nitrogens with one attached hydrogen (secondary N) is 2. The second-order valence-electron chi connectivity index (χ2n) is 3.72. The van der Waals surface area contributed by atoms with E-state index in [-0.39, 0.29) is 0 Å². The molecule has 2 aromatic rings. The van der Waals surface area contributed by atoms with Gasteiger partial charge in [0.15, 0.2) is 5.11 Å². The number of benzene rings is 1. The molecule has 5 nitrogen and oxygen atoms in total. The van der Waals surface area contributed by atoms with Crippen LogP contribution in [0.25, 0.3) is 0 Å². The molecule has 0 spiro atoms. The normalized spacial score (nSPS) is 10.9. The number of hydrogen-bond acceptors (Lipinski definition) is 4. The number of rotatable bonds is 3. The van der Waals surface area contributed by atoms with Gasteiger partial charge in [0.05, 0.1) is 11.9 Å². The van der Waals surface area contributed by atoms with E-state index in [1.165, 1.54) is 0 Å². The van der Waals surface area contributed by atoms with Gasteiger partial charge in [-0.05, 0) is 31.3 Å². The third-order valence-corrected chi connectivity index (χ3v) is 2.48. The van der Waals surface area contributed by atoms with Crippen LogP contribution in [0.4, 0.5) is 5.69 Å². The highest BCUT2D eigenvalue weighted by atomic mass is 32.1. The van der Waals surface area contributed by atoms with E-state index in [9.17, 15) is 0 Å². The van der Waals surface area contributed by atoms with Crippen LogP contribution in [0.1, 0.15) is 12.6 Å². The molecule has 1 aromatic heterocycles. The van der Waals surface area contributed by atoms with Crippen LogP contribution in [-0.4, -0.2) is 20.8 Å². The Balaban J connectivity index is 1.93. The fourth-order valence-corrected chi connectivity index (χ4v) is 1.52. The second kappa shape index (κ2) is 6.55. The van der Waals surface area contributed by atoms with E-state index in [1.807, 2.05) is 37.3 Å². The summed E-state index contributed by atoms with van der Waals surface area (Å²) in [5, 5.41) is 7.60. The van der Waals surface area contributed by atoms with E-state index < -0.39 is 0 Å². The quantitative estimate of drug-likeness (QED) is 0.509. The predicted octanol–water partition coefficient (Wildman–Crippen LogP) is 2.19. The maximum Gasteiger partial charge on any atom is 0.191 e. The summed E-state index contributed by atoms with van der Waals surface area (Å²) in [5.74, 6) is 0. The smallest absolute Gasteiger partial charge is 0.191 e. The fourth-order valence-electron chi connectivity index (χ4n) is 1.36. The first-order valence-electron chi connectivity index (χ1n) is 5.68. The molecule has 96 valence electrons. The van der Waals surface area contributed by atoms with Gasteiger partial charge in [-0.15, -0.1) is 0 Å². The molecule has 0 fully saturated rings. The van der Waals surface area contributed by atoms with Crippen molar-refractivity contribution >= 4 is 28.7 Å². The summed E-state index contributed by atoms with van der Waals surface area (Å²) in [5.41, 5.74) is 5.10. The highest BCUT2D eigenvalue weighted by molar-refractivity contribution is 7.80. The maximum absolute atomic E-state index is 5.14. The van der Waals surface area contributed by atoms with Crippen LogP contribution in [0, 0.1) is 0 Å². The van der Waals surface area contributed by atoms with Gasteiger partial charge in [-0.2, -0.15) is 5.10 Å². The van der Waals surface area contributed by atoms with Crippen LogP contribution in [0.5, 0.6) is 0 Å². The summed E-state index contributed by atoms with van der Waals surface area (Å²) in [4.78, 5) is 8.12. The Morgan fingerprint density at radius 1 is 1.21 bits per heavy atom. The van der Waals surface area contributed by atoms with Crippen LogP contribution in [-0.2, 0) is 0 Å². The molecule has 2 rings (SSSR count). The molecule has 0 aliphatic heterocycles. The molecule has 0 unspecified atom stereocenters. The van der Waals surface area contributed by atoms with Crippen molar-refractivity contribution in [2.45, 2.75) is 6.92 Å². The molecule has 0 saturated carbocycles. The van der Waals surface area contributed by atoms with Gasteiger partial charge < -0.3 is 5.32 Å². The molecule has 0 amide bonds. The molecule has 1 heterocycles. The molecule has 2 N–H and O–H groups in total. The van der Waals surface area contributed by atoms with E-state index in [2.05, 4.69) is 25.8 Å². The largest absolute Gasteiger partial charge is 0.331 e. The number of hydrazone groups is 1. The average molecular weight is 271 g/mol. The fraction of sp³-hybridized carbons (Fsp3) is 0.0769. The van der Waals surface area contributed by atoms with Crippen molar-refractivity contribution in [2.75, 3.05) is 5.32 Å². The van der Waals surface area contributed by atoms with Gasteiger partial charge in [0, 0.05) is 18.1 Å².